The van der Waals surface area contributed by atoms with E-state index in [0.717, 1.165) is 38.6 Å². The zero-order valence-corrected chi connectivity index (χ0v) is 27.5. The Hall–Kier alpha value is -5.58. The van der Waals surface area contributed by atoms with Gasteiger partial charge in [-0.3, -0.25) is 0 Å². The molecule has 0 amide bonds. The van der Waals surface area contributed by atoms with Crippen molar-refractivity contribution in [2.24, 2.45) is 0 Å². The Kier molecular flexibility index (Phi) is 7.74. The van der Waals surface area contributed by atoms with Gasteiger partial charge in [0.15, 0.2) is 0 Å². The molecule has 1 fully saturated rings. The molecule has 0 radical (unpaired) electrons. The monoisotopic (exact) mass is 648 g/mol. The fraction of sp³-hybridized carbons (Fsp3) is 0.106. The minimum atomic E-state index is -0.713. The molecular formula is C47H36O3. The highest BCUT2D eigenvalue weighted by Gasteiger charge is 2.35. The summed E-state index contributed by atoms with van der Waals surface area (Å²) in [7, 11) is 0. The van der Waals surface area contributed by atoms with Gasteiger partial charge in [-0.05, 0) is 88.5 Å². The number of rotatable bonds is 6. The lowest BCUT2D eigenvalue weighted by atomic mass is 9.77. The van der Waals surface area contributed by atoms with Crippen LogP contribution in [0.15, 0.2) is 164 Å². The van der Waals surface area contributed by atoms with Crippen LogP contribution in [0.3, 0.4) is 0 Å². The smallest absolute Gasteiger partial charge is 0.107 e. The molecule has 1 aliphatic rings. The predicted molar refractivity (Wildman–Crippen MR) is 206 cm³/mol. The second kappa shape index (κ2) is 12.7. The van der Waals surface area contributed by atoms with Crippen LogP contribution in [0.2, 0.25) is 0 Å². The molecule has 0 bridgehead atoms. The normalized spacial score (nSPS) is 17.5. The third-order valence-corrected chi connectivity index (χ3v) is 10.3. The first kappa shape index (κ1) is 30.5. The molecule has 1 heterocycles. The first-order valence-electron chi connectivity index (χ1n) is 17.4. The summed E-state index contributed by atoms with van der Waals surface area (Å²) in [5.74, 6) is 0. The van der Waals surface area contributed by atoms with Crippen molar-refractivity contribution in [3.8, 4) is 44.5 Å². The molecule has 242 valence electrons. The highest BCUT2D eigenvalue weighted by molar-refractivity contribution is 6.33. The molecule has 8 aromatic rings. The van der Waals surface area contributed by atoms with Crippen molar-refractivity contribution in [1.29, 1.82) is 0 Å². The van der Waals surface area contributed by atoms with Crippen LogP contribution in [-0.4, -0.2) is 29.0 Å². The van der Waals surface area contributed by atoms with Gasteiger partial charge in [0, 0.05) is 6.42 Å². The summed E-state index contributed by atoms with van der Waals surface area (Å²) in [5.41, 5.74) is 10.4. The largest absolute Gasteiger partial charge is 0.394 e. The number of hydrogen-bond donors (Lipinski definition) is 2. The van der Waals surface area contributed by atoms with Crippen molar-refractivity contribution in [2.75, 3.05) is 6.61 Å². The maximum atomic E-state index is 10.7. The molecular weight excluding hydrogens is 613 g/mol. The molecule has 9 rings (SSSR count). The minimum Gasteiger partial charge on any atom is -0.394 e. The van der Waals surface area contributed by atoms with Gasteiger partial charge in [0.2, 0.25) is 0 Å². The number of hydrogen-bond acceptors (Lipinski definition) is 3. The van der Waals surface area contributed by atoms with E-state index >= 15 is 0 Å². The average Bonchev–Trinajstić information content (AvgIpc) is 3.57. The number of fused-ring (bicyclic) bond motifs is 3. The van der Waals surface area contributed by atoms with Crippen LogP contribution < -0.4 is 0 Å². The maximum Gasteiger partial charge on any atom is 0.107 e. The molecule has 8 aromatic carbocycles. The van der Waals surface area contributed by atoms with Crippen molar-refractivity contribution in [2.45, 2.75) is 24.7 Å². The maximum absolute atomic E-state index is 10.7. The molecule has 0 aromatic heterocycles. The van der Waals surface area contributed by atoms with E-state index in [1.807, 2.05) is 0 Å². The van der Waals surface area contributed by atoms with E-state index in [-0.39, 0.29) is 12.7 Å². The topological polar surface area (TPSA) is 49.7 Å². The Morgan fingerprint density at radius 3 is 1.24 bits per heavy atom. The molecule has 50 heavy (non-hydrogen) atoms. The van der Waals surface area contributed by atoms with Crippen molar-refractivity contribution in [3.05, 3.63) is 169 Å². The predicted octanol–water partition coefficient (Wildman–Crippen LogP) is 11.0. The Balaban J connectivity index is 1.56. The summed E-state index contributed by atoms with van der Waals surface area (Å²) in [6.45, 7) is -0.209. The van der Waals surface area contributed by atoms with Gasteiger partial charge in [-0.1, -0.05) is 158 Å². The second-order valence-electron chi connectivity index (χ2n) is 13.2. The van der Waals surface area contributed by atoms with Crippen LogP contribution in [0.5, 0.6) is 0 Å². The fourth-order valence-corrected chi connectivity index (χ4v) is 8.12. The Morgan fingerprint density at radius 2 is 0.840 bits per heavy atom. The van der Waals surface area contributed by atoms with Crippen LogP contribution in [0, 0.1) is 0 Å². The van der Waals surface area contributed by atoms with Crippen LogP contribution in [-0.2, 0) is 4.74 Å². The van der Waals surface area contributed by atoms with Gasteiger partial charge in [-0.25, -0.2) is 0 Å². The number of aliphatic hydroxyl groups excluding tert-OH is 2. The van der Waals surface area contributed by atoms with Gasteiger partial charge in [0.25, 0.3) is 0 Å². The van der Waals surface area contributed by atoms with E-state index < -0.39 is 12.2 Å². The van der Waals surface area contributed by atoms with E-state index in [9.17, 15) is 10.2 Å². The van der Waals surface area contributed by atoms with E-state index in [4.69, 9.17) is 4.74 Å². The third-order valence-electron chi connectivity index (χ3n) is 10.3. The highest BCUT2D eigenvalue weighted by Crippen LogP contribution is 2.54. The van der Waals surface area contributed by atoms with E-state index in [1.165, 1.54) is 43.8 Å². The van der Waals surface area contributed by atoms with Crippen molar-refractivity contribution in [3.63, 3.8) is 0 Å². The molecule has 3 nitrogen and oxygen atoms in total. The molecule has 3 atom stereocenters. The van der Waals surface area contributed by atoms with E-state index in [1.54, 1.807) is 0 Å². The number of ether oxygens (including phenoxy) is 1. The fourth-order valence-electron chi connectivity index (χ4n) is 8.12. The van der Waals surface area contributed by atoms with Gasteiger partial charge in [-0.15, -0.1) is 0 Å². The zero-order chi connectivity index (χ0) is 33.6. The Morgan fingerprint density at radius 1 is 0.460 bits per heavy atom. The first-order valence-corrected chi connectivity index (χ1v) is 17.4. The summed E-state index contributed by atoms with van der Waals surface area (Å²) >= 11 is 0. The molecule has 1 aliphatic heterocycles. The summed E-state index contributed by atoms with van der Waals surface area (Å²) in [5, 5.41) is 27.7. The standard InChI is InChI=1S/C47H36O3/c48-29-41-39(49)28-40(50-41)34-25-26-37-38(27-34)45(33-21-11-4-12-22-33)47-43(31-17-7-2-8-18-31)36-24-14-13-23-35(36)42(30-15-5-1-6-16-30)46(47)44(37)32-19-9-3-10-20-32/h1-27,39-41,48-49H,28-29H2/t39-,40-,41-/m1/s1. The summed E-state index contributed by atoms with van der Waals surface area (Å²) in [4.78, 5) is 0. The summed E-state index contributed by atoms with van der Waals surface area (Å²) in [6.07, 6.45) is -1.19. The van der Waals surface area contributed by atoms with Gasteiger partial charge in [0.05, 0.1) is 18.8 Å². The van der Waals surface area contributed by atoms with Crippen molar-refractivity contribution >= 4 is 32.3 Å². The lowest BCUT2D eigenvalue weighted by Crippen LogP contribution is -2.24. The van der Waals surface area contributed by atoms with Gasteiger partial charge < -0.3 is 14.9 Å². The molecule has 0 saturated carbocycles. The van der Waals surface area contributed by atoms with Gasteiger partial charge in [0.1, 0.15) is 6.10 Å². The molecule has 0 spiro atoms. The van der Waals surface area contributed by atoms with Crippen LogP contribution in [0.25, 0.3) is 76.8 Å². The minimum absolute atomic E-state index is 0.209. The van der Waals surface area contributed by atoms with Crippen LogP contribution in [0.4, 0.5) is 0 Å². The first-order chi connectivity index (χ1) is 24.7. The lowest BCUT2D eigenvalue weighted by molar-refractivity contribution is -0.0225. The lowest BCUT2D eigenvalue weighted by Gasteiger charge is -2.26. The Bertz CT molecular complexity index is 2480. The van der Waals surface area contributed by atoms with Crippen molar-refractivity contribution < 1.29 is 14.9 Å². The zero-order valence-electron chi connectivity index (χ0n) is 27.5. The van der Waals surface area contributed by atoms with Gasteiger partial charge in [-0.2, -0.15) is 0 Å². The second-order valence-corrected chi connectivity index (χ2v) is 13.2. The molecule has 0 unspecified atom stereocenters. The molecule has 2 N–H and O–H groups in total. The van der Waals surface area contributed by atoms with E-state index in [2.05, 4.69) is 164 Å². The van der Waals surface area contributed by atoms with Crippen molar-refractivity contribution in [1.82, 2.24) is 0 Å². The average molecular weight is 649 g/mol. The number of benzene rings is 8. The SMILES string of the molecule is OC[C@H]1O[C@@H](c2ccc3c(-c4ccccc4)c4c(-c5ccccc5)c5ccccc5c(-c5ccccc5)c4c(-c4ccccc4)c3c2)C[C@H]1O. The quantitative estimate of drug-likeness (QED) is 0.176. The summed E-state index contributed by atoms with van der Waals surface area (Å²) in [6, 6.07) is 58.6. The van der Waals surface area contributed by atoms with E-state index in [0.29, 0.717) is 6.42 Å². The summed E-state index contributed by atoms with van der Waals surface area (Å²) < 4.78 is 6.23. The Labute approximate surface area is 291 Å². The third kappa shape index (κ3) is 5.02. The highest BCUT2D eigenvalue weighted by atomic mass is 16.5. The molecule has 3 heteroatoms. The molecule has 0 aliphatic carbocycles. The van der Waals surface area contributed by atoms with Crippen LogP contribution in [0.1, 0.15) is 18.1 Å². The molecule has 1 saturated heterocycles. The van der Waals surface area contributed by atoms with Crippen LogP contribution >= 0.6 is 0 Å². The number of aliphatic hydroxyl groups is 2. The van der Waals surface area contributed by atoms with Gasteiger partial charge >= 0.3 is 0 Å².